The molecule has 1 amide bonds. The van der Waals surface area contributed by atoms with Gasteiger partial charge in [0.05, 0.1) is 0 Å². The molecule has 0 atom stereocenters. The lowest BCUT2D eigenvalue weighted by Crippen LogP contribution is -2.15. The van der Waals surface area contributed by atoms with E-state index in [0.29, 0.717) is 5.69 Å². The fourth-order valence-electron chi connectivity index (χ4n) is 2.43. The molecule has 0 unspecified atom stereocenters. The largest absolute Gasteiger partial charge is 0.335 e. The van der Waals surface area contributed by atoms with Gasteiger partial charge in [-0.15, -0.1) is 0 Å². The van der Waals surface area contributed by atoms with Gasteiger partial charge in [0.2, 0.25) is 0 Å². The van der Waals surface area contributed by atoms with Crippen molar-refractivity contribution in [3.63, 3.8) is 0 Å². The van der Waals surface area contributed by atoms with Crippen LogP contribution in [0.2, 0.25) is 0 Å². The fourth-order valence-corrected chi connectivity index (χ4v) is 2.43. The van der Waals surface area contributed by atoms with E-state index < -0.39 is 17.5 Å². The number of para-hydroxylation sites is 2. The summed E-state index contributed by atoms with van der Waals surface area (Å²) in [7, 11) is 0. The fraction of sp³-hybridized carbons (Fsp3) is 0.105. The normalized spacial score (nSPS) is 10.4. The Bertz CT molecular complexity index is 926. The number of hydrogen-bond donors (Lipinski definition) is 2. The quantitative estimate of drug-likeness (QED) is 0.716. The minimum absolute atomic E-state index is 0.0742. The molecule has 0 aliphatic heterocycles. The van der Waals surface area contributed by atoms with Crippen LogP contribution in [-0.4, -0.2) is 15.9 Å². The molecule has 26 heavy (non-hydrogen) atoms. The van der Waals surface area contributed by atoms with Crippen LogP contribution in [0.4, 0.5) is 26.0 Å². The summed E-state index contributed by atoms with van der Waals surface area (Å²) in [6.45, 7) is 1.99. The summed E-state index contributed by atoms with van der Waals surface area (Å²) in [4.78, 5) is 20.3. The van der Waals surface area contributed by atoms with Gasteiger partial charge < -0.3 is 10.6 Å². The van der Waals surface area contributed by atoms with E-state index >= 15 is 0 Å². The van der Waals surface area contributed by atoms with Crippen molar-refractivity contribution in [2.45, 2.75) is 13.3 Å². The van der Waals surface area contributed by atoms with Crippen molar-refractivity contribution in [1.29, 1.82) is 0 Å². The van der Waals surface area contributed by atoms with Crippen LogP contribution in [0.25, 0.3) is 0 Å². The third-order valence-electron chi connectivity index (χ3n) is 3.76. The summed E-state index contributed by atoms with van der Waals surface area (Å²) < 4.78 is 27.5. The first-order chi connectivity index (χ1) is 12.6. The number of benzene rings is 2. The lowest BCUT2D eigenvalue weighted by atomic mass is 10.1. The van der Waals surface area contributed by atoms with Crippen LogP contribution in [0.3, 0.4) is 0 Å². The van der Waals surface area contributed by atoms with E-state index in [1.165, 1.54) is 12.1 Å². The summed E-state index contributed by atoms with van der Waals surface area (Å²) in [6.07, 6.45) is 1.92. The average Bonchev–Trinajstić information content (AvgIpc) is 2.65. The Labute approximate surface area is 149 Å². The van der Waals surface area contributed by atoms with Crippen molar-refractivity contribution in [1.82, 2.24) is 9.97 Å². The van der Waals surface area contributed by atoms with Gasteiger partial charge in [0.15, 0.2) is 0 Å². The van der Waals surface area contributed by atoms with Crippen LogP contribution in [0, 0.1) is 11.6 Å². The molecular formula is C19H16F2N4O. The second kappa shape index (κ2) is 7.69. The van der Waals surface area contributed by atoms with E-state index in [9.17, 15) is 13.6 Å². The van der Waals surface area contributed by atoms with Gasteiger partial charge in [0.25, 0.3) is 5.91 Å². The molecule has 0 radical (unpaired) electrons. The van der Waals surface area contributed by atoms with E-state index in [-0.39, 0.29) is 17.2 Å². The molecule has 132 valence electrons. The smallest absolute Gasteiger partial charge is 0.274 e. The van der Waals surface area contributed by atoms with Gasteiger partial charge in [-0.1, -0.05) is 31.2 Å². The van der Waals surface area contributed by atoms with Gasteiger partial charge >= 0.3 is 0 Å². The van der Waals surface area contributed by atoms with E-state index in [0.717, 1.165) is 30.4 Å². The van der Waals surface area contributed by atoms with Crippen molar-refractivity contribution < 1.29 is 13.6 Å². The zero-order chi connectivity index (χ0) is 18.5. The number of aromatic nitrogens is 2. The molecule has 5 nitrogen and oxygen atoms in total. The van der Waals surface area contributed by atoms with E-state index in [2.05, 4.69) is 20.6 Å². The second-order valence-corrected chi connectivity index (χ2v) is 5.47. The van der Waals surface area contributed by atoms with Crippen LogP contribution in [-0.2, 0) is 6.42 Å². The second-order valence-electron chi connectivity index (χ2n) is 5.47. The Kier molecular flexibility index (Phi) is 5.17. The number of anilines is 3. The predicted octanol–water partition coefficient (Wildman–Crippen LogP) is 4.31. The maximum atomic E-state index is 13.7. The van der Waals surface area contributed by atoms with Gasteiger partial charge in [-0.25, -0.2) is 18.7 Å². The number of aryl methyl sites for hydroxylation is 1. The molecule has 1 aromatic heterocycles. The van der Waals surface area contributed by atoms with Crippen molar-refractivity contribution >= 4 is 23.1 Å². The van der Waals surface area contributed by atoms with Gasteiger partial charge in [0.1, 0.15) is 35.2 Å². The number of carbonyl (C=O) groups is 1. The van der Waals surface area contributed by atoms with Crippen molar-refractivity contribution in [2.24, 2.45) is 0 Å². The highest BCUT2D eigenvalue weighted by atomic mass is 19.1. The minimum atomic E-state index is -0.758. The highest BCUT2D eigenvalue weighted by Gasteiger charge is 2.13. The third kappa shape index (κ3) is 3.83. The van der Waals surface area contributed by atoms with Gasteiger partial charge in [-0.05, 0) is 30.2 Å². The molecular weight excluding hydrogens is 338 g/mol. The zero-order valence-electron chi connectivity index (χ0n) is 14.0. The van der Waals surface area contributed by atoms with Crippen molar-refractivity contribution in [3.8, 4) is 0 Å². The summed E-state index contributed by atoms with van der Waals surface area (Å²) in [5.41, 5.74) is 1.41. The zero-order valence-corrected chi connectivity index (χ0v) is 14.0. The number of nitrogens with one attached hydrogen (secondary N) is 2. The van der Waals surface area contributed by atoms with Crippen LogP contribution in [0.5, 0.6) is 0 Å². The first kappa shape index (κ1) is 17.5. The lowest BCUT2D eigenvalue weighted by Gasteiger charge is -2.11. The maximum absolute atomic E-state index is 13.7. The van der Waals surface area contributed by atoms with Crippen LogP contribution >= 0.6 is 0 Å². The van der Waals surface area contributed by atoms with Gasteiger partial charge in [-0.3, -0.25) is 4.79 Å². The standard InChI is InChI=1S/C19H16F2N4O/c1-2-12-6-3-4-9-15(12)24-19(26)16-10-17(23-11-22-16)25-18-13(20)7-5-8-14(18)21/h3-11H,2H2,1H3,(H,24,26)(H,22,23,25). The molecule has 7 heteroatoms. The molecule has 0 fully saturated rings. The Morgan fingerprint density at radius 1 is 1.04 bits per heavy atom. The van der Waals surface area contributed by atoms with Gasteiger partial charge in [-0.2, -0.15) is 0 Å². The molecule has 3 rings (SSSR count). The van der Waals surface area contributed by atoms with E-state index in [1.807, 2.05) is 25.1 Å². The van der Waals surface area contributed by atoms with E-state index in [1.54, 1.807) is 6.07 Å². The van der Waals surface area contributed by atoms with Crippen molar-refractivity contribution in [3.05, 3.63) is 77.8 Å². The summed E-state index contributed by atoms with van der Waals surface area (Å²) in [5.74, 6) is -1.85. The molecule has 0 bridgehead atoms. The molecule has 0 saturated carbocycles. The number of rotatable bonds is 5. The lowest BCUT2D eigenvalue weighted by molar-refractivity contribution is 0.102. The molecule has 0 aliphatic rings. The highest BCUT2D eigenvalue weighted by Crippen LogP contribution is 2.22. The molecule has 3 aromatic rings. The van der Waals surface area contributed by atoms with Crippen LogP contribution in [0.1, 0.15) is 23.0 Å². The molecule has 0 spiro atoms. The SMILES string of the molecule is CCc1ccccc1NC(=O)c1cc(Nc2c(F)cccc2F)ncn1. The summed E-state index contributed by atoms with van der Waals surface area (Å²) >= 11 is 0. The monoisotopic (exact) mass is 354 g/mol. The average molecular weight is 354 g/mol. The first-order valence-corrected chi connectivity index (χ1v) is 8.01. The number of carbonyl (C=O) groups excluding carboxylic acids is 1. The molecule has 0 saturated heterocycles. The number of hydrogen-bond acceptors (Lipinski definition) is 4. The van der Waals surface area contributed by atoms with Crippen LogP contribution < -0.4 is 10.6 Å². The minimum Gasteiger partial charge on any atom is -0.335 e. The maximum Gasteiger partial charge on any atom is 0.274 e. The highest BCUT2D eigenvalue weighted by molar-refractivity contribution is 6.03. The predicted molar refractivity (Wildman–Crippen MR) is 95.4 cm³/mol. The Morgan fingerprint density at radius 2 is 1.77 bits per heavy atom. The van der Waals surface area contributed by atoms with Crippen LogP contribution in [0.15, 0.2) is 54.9 Å². The van der Waals surface area contributed by atoms with Gasteiger partial charge in [0, 0.05) is 11.8 Å². The number of halogens is 2. The Morgan fingerprint density at radius 3 is 2.50 bits per heavy atom. The summed E-state index contributed by atoms with van der Waals surface area (Å²) in [6, 6.07) is 12.3. The molecule has 2 aromatic carbocycles. The molecule has 1 heterocycles. The molecule has 2 N–H and O–H groups in total. The molecule has 0 aliphatic carbocycles. The van der Waals surface area contributed by atoms with Crippen molar-refractivity contribution in [2.75, 3.05) is 10.6 Å². The third-order valence-corrected chi connectivity index (χ3v) is 3.76. The first-order valence-electron chi connectivity index (χ1n) is 8.01. The van der Waals surface area contributed by atoms with E-state index in [4.69, 9.17) is 0 Å². The number of amides is 1. The number of nitrogens with zero attached hydrogens (tertiary/aromatic N) is 2. The summed E-state index contributed by atoms with van der Waals surface area (Å²) in [5, 5.41) is 5.33. The Balaban J connectivity index is 1.82. The Hall–Kier alpha value is -3.35. The topological polar surface area (TPSA) is 66.9 Å².